The van der Waals surface area contributed by atoms with Crippen LogP contribution in [0.2, 0.25) is 0 Å². The second-order valence-electron chi connectivity index (χ2n) is 3.65. The molecule has 2 N–H and O–H groups in total. The normalized spacial score (nSPS) is 14.5. The minimum Gasteiger partial charge on any atom is -0.468 e. The van der Waals surface area contributed by atoms with E-state index in [0.717, 1.165) is 4.88 Å². The first-order valence-electron chi connectivity index (χ1n) is 5.08. The first kappa shape index (κ1) is 13.2. The molecule has 16 heavy (non-hydrogen) atoms. The van der Waals surface area contributed by atoms with Crippen molar-refractivity contribution in [2.24, 2.45) is 0 Å². The van der Waals surface area contributed by atoms with E-state index in [-0.39, 0.29) is 0 Å². The molecule has 1 aromatic rings. The van der Waals surface area contributed by atoms with Gasteiger partial charge in [0.25, 0.3) is 0 Å². The summed E-state index contributed by atoms with van der Waals surface area (Å²) in [5, 5.41) is 14.5. The molecule has 0 aliphatic heterocycles. The largest absolute Gasteiger partial charge is 0.468 e. The van der Waals surface area contributed by atoms with Gasteiger partial charge >= 0.3 is 5.97 Å². The Morgan fingerprint density at radius 2 is 2.38 bits per heavy atom. The van der Waals surface area contributed by atoms with Crippen LogP contribution in [0.15, 0.2) is 11.4 Å². The quantitative estimate of drug-likeness (QED) is 0.759. The maximum atomic E-state index is 11.4. The molecule has 0 aliphatic carbocycles. The number of aryl methyl sites for hydroxylation is 1. The van der Waals surface area contributed by atoms with Crippen LogP contribution in [0, 0.1) is 6.92 Å². The molecule has 0 bridgehead atoms. The van der Waals surface area contributed by atoms with Gasteiger partial charge in [-0.05, 0) is 30.9 Å². The predicted molar refractivity (Wildman–Crippen MR) is 63.4 cm³/mol. The number of thiophene rings is 1. The van der Waals surface area contributed by atoms with Crippen molar-refractivity contribution in [1.29, 1.82) is 0 Å². The summed E-state index contributed by atoms with van der Waals surface area (Å²) in [7, 11) is 1.32. The number of hydrogen-bond acceptors (Lipinski definition) is 5. The molecule has 4 nitrogen and oxygen atoms in total. The molecule has 0 saturated heterocycles. The lowest BCUT2D eigenvalue weighted by molar-refractivity contribution is -0.145. The average Bonchev–Trinajstić information content (AvgIpc) is 2.64. The van der Waals surface area contributed by atoms with E-state index in [1.807, 2.05) is 18.4 Å². The number of carbonyl (C=O) groups is 1. The number of methoxy groups -OCH3 is 1. The Hall–Kier alpha value is -0.910. The van der Waals surface area contributed by atoms with Crippen molar-refractivity contribution in [1.82, 2.24) is 5.32 Å². The van der Waals surface area contributed by atoms with Crippen LogP contribution in [0.4, 0.5) is 0 Å². The number of aliphatic hydroxyl groups is 1. The monoisotopic (exact) mass is 243 g/mol. The summed E-state index contributed by atoms with van der Waals surface area (Å²) in [5.41, 5.74) is 1.19. The van der Waals surface area contributed by atoms with E-state index in [1.165, 1.54) is 12.7 Å². The number of hydrogen-bond donors (Lipinski definition) is 2. The Labute approximate surface area is 99.2 Å². The zero-order valence-electron chi connectivity index (χ0n) is 9.69. The molecule has 0 aromatic carbocycles. The van der Waals surface area contributed by atoms with Gasteiger partial charge in [-0.25, -0.2) is 0 Å². The van der Waals surface area contributed by atoms with Crippen LogP contribution in [0.1, 0.15) is 17.4 Å². The second kappa shape index (κ2) is 5.98. The summed E-state index contributed by atoms with van der Waals surface area (Å²) in [6.45, 7) is 4.15. The van der Waals surface area contributed by atoms with Crippen molar-refractivity contribution < 1.29 is 14.6 Å². The molecular formula is C11H17NO3S. The fourth-order valence-corrected chi connectivity index (χ4v) is 2.22. The number of aliphatic hydroxyl groups excluding tert-OH is 1. The SMILES string of the molecule is COC(=O)C(NCc1sccc1C)C(C)O. The van der Waals surface area contributed by atoms with Crippen LogP contribution in [0.25, 0.3) is 0 Å². The summed E-state index contributed by atoms with van der Waals surface area (Å²) in [5.74, 6) is -0.441. The third kappa shape index (κ3) is 3.30. The van der Waals surface area contributed by atoms with Gasteiger partial charge in [0.2, 0.25) is 0 Å². The third-order valence-corrected chi connectivity index (χ3v) is 3.41. The van der Waals surface area contributed by atoms with E-state index in [4.69, 9.17) is 0 Å². The molecule has 90 valence electrons. The van der Waals surface area contributed by atoms with Crippen LogP contribution < -0.4 is 5.32 Å². The predicted octanol–water partition coefficient (Wildman–Crippen LogP) is 1.07. The van der Waals surface area contributed by atoms with E-state index < -0.39 is 18.1 Å². The van der Waals surface area contributed by atoms with Crippen LogP contribution in [-0.4, -0.2) is 30.3 Å². The van der Waals surface area contributed by atoms with Crippen LogP contribution in [0.3, 0.4) is 0 Å². The van der Waals surface area contributed by atoms with E-state index >= 15 is 0 Å². The van der Waals surface area contributed by atoms with Gasteiger partial charge in [-0.3, -0.25) is 10.1 Å². The van der Waals surface area contributed by atoms with Gasteiger partial charge in [0.15, 0.2) is 0 Å². The lowest BCUT2D eigenvalue weighted by Crippen LogP contribution is -2.45. The first-order chi connectivity index (χ1) is 7.56. The third-order valence-electron chi connectivity index (χ3n) is 2.39. The van der Waals surface area contributed by atoms with Crippen molar-refractivity contribution in [3.8, 4) is 0 Å². The Morgan fingerprint density at radius 3 is 2.81 bits per heavy atom. The molecule has 1 rings (SSSR count). The van der Waals surface area contributed by atoms with Crippen molar-refractivity contribution in [3.05, 3.63) is 21.9 Å². The Bertz CT molecular complexity index is 349. The minimum atomic E-state index is -0.771. The highest BCUT2D eigenvalue weighted by molar-refractivity contribution is 7.10. The Morgan fingerprint density at radius 1 is 1.69 bits per heavy atom. The highest BCUT2D eigenvalue weighted by atomic mass is 32.1. The first-order valence-corrected chi connectivity index (χ1v) is 5.96. The molecular weight excluding hydrogens is 226 g/mol. The Balaban J connectivity index is 2.57. The van der Waals surface area contributed by atoms with Gasteiger partial charge in [-0.15, -0.1) is 11.3 Å². The number of rotatable bonds is 5. The fourth-order valence-electron chi connectivity index (χ4n) is 1.37. The molecule has 0 saturated carbocycles. The van der Waals surface area contributed by atoms with Crippen molar-refractivity contribution in [2.75, 3.05) is 7.11 Å². The molecule has 0 aliphatic rings. The van der Waals surface area contributed by atoms with Crippen LogP contribution >= 0.6 is 11.3 Å². The Kier molecular flexibility index (Phi) is 4.92. The smallest absolute Gasteiger partial charge is 0.325 e. The van der Waals surface area contributed by atoms with Crippen LogP contribution in [-0.2, 0) is 16.1 Å². The van der Waals surface area contributed by atoms with Gasteiger partial charge in [0, 0.05) is 11.4 Å². The summed E-state index contributed by atoms with van der Waals surface area (Å²) < 4.78 is 4.62. The van der Waals surface area contributed by atoms with Gasteiger partial charge in [-0.1, -0.05) is 0 Å². The molecule has 2 unspecified atom stereocenters. The summed E-state index contributed by atoms with van der Waals surface area (Å²) in [6, 6.07) is 1.35. The molecule has 0 fully saturated rings. The number of carbonyl (C=O) groups excluding carboxylic acids is 1. The lowest BCUT2D eigenvalue weighted by atomic mass is 10.2. The van der Waals surface area contributed by atoms with Gasteiger partial charge in [0.05, 0.1) is 13.2 Å². The highest BCUT2D eigenvalue weighted by Crippen LogP contribution is 2.15. The maximum absolute atomic E-state index is 11.4. The van der Waals surface area contributed by atoms with E-state index in [0.29, 0.717) is 6.54 Å². The summed E-state index contributed by atoms with van der Waals surface area (Å²) >= 11 is 1.63. The number of nitrogens with one attached hydrogen (secondary N) is 1. The average molecular weight is 243 g/mol. The van der Waals surface area contributed by atoms with Gasteiger partial charge < -0.3 is 9.84 Å². The van der Waals surface area contributed by atoms with Gasteiger partial charge in [0.1, 0.15) is 6.04 Å². The molecule has 1 heterocycles. The summed E-state index contributed by atoms with van der Waals surface area (Å²) in [4.78, 5) is 12.5. The molecule has 0 radical (unpaired) electrons. The standard InChI is InChI=1S/C11H17NO3S/c1-7-4-5-16-9(7)6-12-10(8(2)13)11(14)15-3/h4-5,8,10,12-13H,6H2,1-3H3. The number of esters is 1. The topological polar surface area (TPSA) is 58.6 Å². The maximum Gasteiger partial charge on any atom is 0.325 e. The fraction of sp³-hybridized carbons (Fsp3) is 0.545. The lowest BCUT2D eigenvalue weighted by Gasteiger charge is -2.18. The minimum absolute atomic E-state index is 0.441. The number of ether oxygens (including phenoxy) is 1. The van der Waals surface area contributed by atoms with E-state index in [9.17, 15) is 9.90 Å². The highest BCUT2D eigenvalue weighted by Gasteiger charge is 2.23. The molecule has 1 aromatic heterocycles. The molecule has 2 atom stereocenters. The van der Waals surface area contributed by atoms with E-state index in [2.05, 4.69) is 10.1 Å². The van der Waals surface area contributed by atoms with Crippen molar-refractivity contribution in [3.63, 3.8) is 0 Å². The second-order valence-corrected chi connectivity index (χ2v) is 4.65. The molecule has 0 amide bonds. The zero-order chi connectivity index (χ0) is 12.1. The van der Waals surface area contributed by atoms with Crippen molar-refractivity contribution in [2.45, 2.75) is 32.5 Å². The van der Waals surface area contributed by atoms with E-state index in [1.54, 1.807) is 18.3 Å². The summed E-state index contributed by atoms with van der Waals surface area (Å²) in [6.07, 6.45) is -0.771. The zero-order valence-corrected chi connectivity index (χ0v) is 10.5. The molecule has 0 spiro atoms. The van der Waals surface area contributed by atoms with Crippen molar-refractivity contribution >= 4 is 17.3 Å². The molecule has 5 heteroatoms. The van der Waals surface area contributed by atoms with Gasteiger partial charge in [-0.2, -0.15) is 0 Å². The van der Waals surface area contributed by atoms with Crippen LogP contribution in [0.5, 0.6) is 0 Å².